The predicted octanol–water partition coefficient (Wildman–Crippen LogP) is 2.74. The first-order valence-corrected chi connectivity index (χ1v) is 11.4. The SMILES string of the molecule is NC(=O)CCC(NC(=O)c1ccc(Cl)cc1)C(=O)NNC(=O)c1ccc(COc2ccccc2)cc1. The molecule has 0 bridgehead atoms. The lowest BCUT2D eigenvalue weighted by atomic mass is 10.1. The number of rotatable bonds is 10. The lowest BCUT2D eigenvalue weighted by molar-refractivity contribution is -0.124. The van der Waals surface area contributed by atoms with Crippen LogP contribution < -0.4 is 26.6 Å². The molecule has 0 radical (unpaired) electrons. The second kappa shape index (κ2) is 12.9. The van der Waals surface area contributed by atoms with Crippen LogP contribution in [0.15, 0.2) is 78.9 Å². The summed E-state index contributed by atoms with van der Waals surface area (Å²) in [6.45, 7) is 0.331. The van der Waals surface area contributed by atoms with E-state index in [4.69, 9.17) is 22.1 Å². The average Bonchev–Trinajstić information content (AvgIpc) is 2.89. The summed E-state index contributed by atoms with van der Waals surface area (Å²) in [6, 6.07) is 21.0. The maximum atomic E-state index is 12.7. The second-order valence-electron chi connectivity index (χ2n) is 7.78. The highest BCUT2D eigenvalue weighted by Gasteiger charge is 2.23. The highest BCUT2D eigenvalue weighted by Crippen LogP contribution is 2.13. The number of ether oxygens (including phenoxy) is 1. The van der Waals surface area contributed by atoms with Crippen molar-refractivity contribution >= 4 is 35.2 Å². The van der Waals surface area contributed by atoms with Gasteiger partial charge in [0.05, 0.1) is 0 Å². The highest BCUT2D eigenvalue weighted by atomic mass is 35.5. The van der Waals surface area contributed by atoms with Crippen LogP contribution in [0.3, 0.4) is 0 Å². The minimum Gasteiger partial charge on any atom is -0.489 e. The molecule has 10 heteroatoms. The molecule has 0 aliphatic rings. The summed E-state index contributed by atoms with van der Waals surface area (Å²) in [5, 5.41) is 2.99. The van der Waals surface area contributed by atoms with E-state index in [1.165, 1.54) is 24.3 Å². The molecule has 4 amide bonds. The molecule has 3 aromatic rings. The van der Waals surface area contributed by atoms with E-state index in [0.29, 0.717) is 17.2 Å². The molecule has 0 aliphatic carbocycles. The number of halogens is 1. The third-order valence-corrected chi connectivity index (χ3v) is 5.32. The number of nitrogens with one attached hydrogen (secondary N) is 3. The molecule has 186 valence electrons. The third kappa shape index (κ3) is 8.14. The standard InChI is InChI=1S/C26H25ClN4O5/c27-20-12-10-18(11-13-20)24(33)29-22(14-15-23(28)32)26(35)31-30-25(34)19-8-6-17(7-9-19)16-36-21-4-2-1-3-5-21/h1-13,22H,14-16H2,(H2,28,32)(H,29,33)(H,30,34)(H,31,35). The van der Waals surface area contributed by atoms with Gasteiger partial charge >= 0.3 is 0 Å². The van der Waals surface area contributed by atoms with Crippen LogP contribution in [0.4, 0.5) is 0 Å². The molecular formula is C26H25ClN4O5. The predicted molar refractivity (Wildman–Crippen MR) is 134 cm³/mol. The summed E-state index contributed by atoms with van der Waals surface area (Å²) in [4.78, 5) is 48.8. The molecule has 0 fully saturated rings. The van der Waals surface area contributed by atoms with E-state index in [2.05, 4.69) is 16.2 Å². The molecule has 3 aromatic carbocycles. The van der Waals surface area contributed by atoms with Gasteiger partial charge in [0.15, 0.2) is 0 Å². The molecule has 0 aliphatic heterocycles. The van der Waals surface area contributed by atoms with Crippen LogP contribution in [0.25, 0.3) is 0 Å². The fourth-order valence-corrected chi connectivity index (χ4v) is 3.24. The number of nitrogens with two attached hydrogens (primary N) is 1. The maximum absolute atomic E-state index is 12.7. The van der Waals surface area contributed by atoms with Gasteiger partial charge in [-0.05, 0) is 60.5 Å². The lowest BCUT2D eigenvalue weighted by Gasteiger charge is -2.18. The van der Waals surface area contributed by atoms with E-state index in [0.717, 1.165) is 11.3 Å². The molecule has 0 saturated carbocycles. The van der Waals surface area contributed by atoms with Gasteiger partial charge in [-0.1, -0.05) is 41.9 Å². The zero-order valence-electron chi connectivity index (χ0n) is 19.2. The molecule has 5 N–H and O–H groups in total. The van der Waals surface area contributed by atoms with E-state index < -0.39 is 29.7 Å². The van der Waals surface area contributed by atoms with E-state index in [1.807, 2.05) is 30.3 Å². The van der Waals surface area contributed by atoms with E-state index in [9.17, 15) is 19.2 Å². The van der Waals surface area contributed by atoms with Crippen molar-refractivity contribution in [2.24, 2.45) is 5.73 Å². The Morgan fingerprint density at radius 1 is 0.806 bits per heavy atom. The summed E-state index contributed by atoms with van der Waals surface area (Å²) >= 11 is 5.83. The molecule has 1 atom stereocenters. The van der Waals surface area contributed by atoms with Gasteiger partial charge in [0, 0.05) is 22.6 Å². The minimum atomic E-state index is -1.11. The van der Waals surface area contributed by atoms with Gasteiger partial charge in [-0.25, -0.2) is 0 Å². The van der Waals surface area contributed by atoms with Gasteiger partial charge < -0.3 is 15.8 Å². The zero-order chi connectivity index (χ0) is 25.9. The average molecular weight is 509 g/mol. The number of amides is 4. The first kappa shape index (κ1) is 26.2. The highest BCUT2D eigenvalue weighted by molar-refractivity contribution is 6.30. The largest absolute Gasteiger partial charge is 0.489 e. The number of hydrogen-bond donors (Lipinski definition) is 4. The first-order chi connectivity index (χ1) is 17.3. The van der Waals surface area contributed by atoms with Gasteiger partial charge in [-0.15, -0.1) is 0 Å². The summed E-state index contributed by atoms with van der Waals surface area (Å²) in [6.07, 6.45) is -0.189. The van der Waals surface area contributed by atoms with Crippen LogP contribution in [0.2, 0.25) is 5.02 Å². The molecular weight excluding hydrogens is 484 g/mol. The number of carbonyl (C=O) groups excluding carboxylic acids is 4. The maximum Gasteiger partial charge on any atom is 0.269 e. The number of para-hydroxylation sites is 1. The summed E-state index contributed by atoms with van der Waals surface area (Å²) in [5.74, 6) is -1.71. The van der Waals surface area contributed by atoms with Crippen LogP contribution in [0.5, 0.6) is 5.75 Å². The normalized spacial score (nSPS) is 11.1. The van der Waals surface area contributed by atoms with Crippen LogP contribution >= 0.6 is 11.6 Å². The van der Waals surface area contributed by atoms with Gasteiger partial charge in [-0.2, -0.15) is 0 Å². The van der Waals surface area contributed by atoms with Crippen molar-refractivity contribution in [3.8, 4) is 5.75 Å². The molecule has 3 rings (SSSR count). The number of primary amides is 1. The van der Waals surface area contributed by atoms with Gasteiger partial charge in [0.25, 0.3) is 17.7 Å². The molecule has 0 spiro atoms. The summed E-state index contributed by atoms with van der Waals surface area (Å²) < 4.78 is 5.68. The monoisotopic (exact) mass is 508 g/mol. The Kier molecular flexibility index (Phi) is 9.41. The number of carbonyl (C=O) groups is 4. The topological polar surface area (TPSA) is 140 Å². The molecule has 36 heavy (non-hydrogen) atoms. The Balaban J connectivity index is 1.54. The minimum absolute atomic E-state index is 0.0491. The fraction of sp³-hybridized carbons (Fsp3) is 0.154. The van der Waals surface area contributed by atoms with Crippen LogP contribution in [-0.2, 0) is 16.2 Å². The Bertz CT molecular complexity index is 1200. The van der Waals surface area contributed by atoms with Crippen molar-refractivity contribution in [2.45, 2.75) is 25.5 Å². The van der Waals surface area contributed by atoms with Crippen LogP contribution in [0.1, 0.15) is 39.1 Å². The van der Waals surface area contributed by atoms with Crippen molar-refractivity contribution in [1.82, 2.24) is 16.2 Å². The number of hydrogen-bond acceptors (Lipinski definition) is 5. The third-order valence-electron chi connectivity index (χ3n) is 5.07. The molecule has 0 saturated heterocycles. The Labute approximate surface area is 212 Å². The molecule has 0 aromatic heterocycles. The van der Waals surface area contributed by atoms with Crippen molar-refractivity contribution in [3.63, 3.8) is 0 Å². The van der Waals surface area contributed by atoms with Gasteiger partial charge in [-0.3, -0.25) is 30.0 Å². The zero-order valence-corrected chi connectivity index (χ0v) is 20.0. The Morgan fingerprint density at radius 3 is 2.06 bits per heavy atom. The molecule has 1 unspecified atom stereocenters. The smallest absolute Gasteiger partial charge is 0.269 e. The van der Waals surface area contributed by atoms with E-state index in [-0.39, 0.29) is 18.4 Å². The van der Waals surface area contributed by atoms with Gasteiger partial charge in [0.1, 0.15) is 18.4 Å². The van der Waals surface area contributed by atoms with Crippen molar-refractivity contribution in [3.05, 3.63) is 101 Å². The summed E-state index contributed by atoms with van der Waals surface area (Å²) in [5.41, 5.74) is 11.2. The van der Waals surface area contributed by atoms with Gasteiger partial charge in [0.2, 0.25) is 5.91 Å². The molecule has 9 nitrogen and oxygen atoms in total. The van der Waals surface area contributed by atoms with Crippen LogP contribution in [-0.4, -0.2) is 29.7 Å². The molecule has 0 heterocycles. The number of hydrazine groups is 1. The second-order valence-corrected chi connectivity index (χ2v) is 8.22. The summed E-state index contributed by atoms with van der Waals surface area (Å²) in [7, 11) is 0. The van der Waals surface area contributed by atoms with Crippen LogP contribution in [0, 0.1) is 0 Å². The first-order valence-electron chi connectivity index (χ1n) is 11.0. The lowest BCUT2D eigenvalue weighted by Crippen LogP contribution is -2.52. The van der Waals surface area contributed by atoms with Crippen molar-refractivity contribution in [2.75, 3.05) is 0 Å². The fourth-order valence-electron chi connectivity index (χ4n) is 3.11. The number of benzene rings is 3. The van der Waals surface area contributed by atoms with E-state index in [1.54, 1.807) is 24.3 Å². The Morgan fingerprint density at radius 2 is 1.42 bits per heavy atom. The van der Waals surface area contributed by atoms with E-state index >= 15 is 0 Å². The Hall–Kier alpha value is -4.37. The quantitative estimate of drug-likeness (QED) is 0.312. The van der Waals surface area contributed by atoms with Crippen molar-refractivity contribution in [1.29, 1.82) is 0 Å². The van der Waals surface area contributed by atoms with Crippen molar-refractivity contribution < 1.29 is 23.9 Å².